The van der Waals surface area contributed by atoms with Crippen molar-refractivity contribution in [1.29, 1.82) is 0 Å². The molecule has 166 valence electrons. The first kappa shape index (κ1) is 22.1. The topological polar surface area (TPSA) is 23.6 Å². The summed E-state index contributed by atoms with van der Waals surface area (Å²) in [5.41, 5.74) is 1.70. The number of rotatable bonds is 5. The van der Waals surface area contributed by atoms with Crippen LogP contribution in [0.5, 0.6) is 0 Å². The predicted molar refractivity (Wildman–Crippen MR) is 135 cm³/mol. The van der Waals surface area contributed by atoms with Crippen LogP contribution >= 0.6 is 39.0 Å². The van der Waals surface area contributed by atoms with Crippen molar-refractivity contribution in [3.05, 3.63) is 75.7 Å². The molecule has 0 spiro atoms. The van der Waals surface area contributed by atoms with Crippen molar-refractivity contribution >= 4 is 66.3 Å². The minimum atomic E-state index is -3.32. The average Bonchev–Trinajstić information content (AvgIpc) is 2.76. The molecule has 0 N–H and O–H groups in total. The lowest BCUT2D eigenvalue weighted by atomic mass is 10.1. The number of nitrogens with zero attached hydrogens (tertiary/aromatic N) is 2. The van der Waals surface area contributed by atoms with E-state index in [2.05, 4.69) is 31.9 Å². The normalized spacial score (nSPS) is 17.2. The molecule has 0 atom stereocenters. The van der Waals surface area contributed by atoms with Crippen LogP contribution in [0.3, 0.4) is 0 Å². The van der Waals surface area contributed by atoms with E-state index in [0.29, 0.717) is 42.1 Å². The van der Waals surface area contributed by atoms with Gasteiger partial charge in [0.2, 0.25) is 0 Å². The number of benzene rings is 3. The van der Waals surface area contributed by atoms with Gasteiger partial charge in [0.05, 0.1) is 26.2 Å². The summed E-state index contributed by atoms with van der Waals surface area (Å²) in [6.07, 6.45) is -1.66. The predicted octanol–water partition coefficient (Wildman–Crippen LogP) is 5.17. The maximum absolute atomic E-state index is 15.1. The summed E-state index contributed by atoms with van der Waals surface area (Å²) < 4.78 is 43.6. The Morgan fingerprint density at radius 2 is 1.16 bits per heavy atom. The van der Waals surface area contributed by atoms with Crippen LogP contribution in [0.1, 0.15) is 0 Å². The SMILES string of the molecule is O=P(c1ccccc1)(c1cc(N2CC(F)C2)ccc1Br)c1cc(N2CC(F)C2)ccc1Br. The zero-order chi connectivity index (χ0) is 22.5. The van der Waals surface area contributed by atoms with Crippen molar-refractivity contribution in [1.82, 2.24) is 0 Å². The van der Waals surface area contributed by atoms with E-state index in [1.165, 1.54) is 0 Å². The highest BCUT2D eigenvalue weighted by Crippen LogP contribution is 2.48. The molecule has 3 aromatic rings. The summed E-state index contributed by atoms with van der Waals surface area (Å²) in [4.78, 5) is 3.89. The Morgan fingerprint density at radius 3 is 1.56 bits per heavy atom. The fraction of sp³-hybridized carbons (Fsp3) is 0.250. The van der Waals surface area contributed by atoms with Gasteiger partial charge in [0.1, 0.15) is 12.3 Å². The summed E-state index contributed by atoms with van der Waals surface area (Å²) in [7, 11) is -3.32. The molecule has 0 unspecified atom stereocenters. The molecule has 3 aromatic carbocycles. The van der Waals surface area contributed by atoms with E-state index >= 15 is 4.57 Å². The highest BCUT2D eigenvalue weighted by Gasteiger charge is 2.36. The highest BCUT2D eigenvalue weighted by molar-refractivity contribution is 9.11. The first-order valence-electron chi connectivity index (χ1n) is 10.4. The molecular formula is C24H21Br2F2N2OP. The molecule has 0 amide bonds. The maximum Gasteiger partial charge on any atom is 0.173 e. The van der Waals surface area contributed by atoms with Gasteiger partial charge in [-0.25, -0.2) is 8.78 Å². The lowest BCUT2D eigenvalue weighted by molar-refractivity contribution is 0.274. The summed E-state index contributed by atoms with van der Waals surface area (Å²) in [5, 5.41) is 2.02. The fourth-order valence-corrected chi connectivity index (χ4v) is 8.97. The van der Waals surface area contributed by atoms with Crippen molar-refractivity contribution in [3.8, 4) is 0 Å². The number of hydrogen-bond acceptors (Lipinski definition) is 3. The second-order valence-electron chi connectivity index (χ2n) is 8.22. The van der Waals surface area contributed by atoms with Gasteiger partial charge in [-0.1, -0.05) is 30.3 Å². The third-order valence-electron chi connectivity index (χ3n) is 6.06. The molecular weight excluding hydrogens is 561 g/mol. The zero-order valence-corrected chi connectivity index (χ0v) is 21.2. The molecule has 5 rings (SSSR count). The Balaban J connectivity index is 1.69. The average molecular weight is 582 g/mol. The Labute approximate surface area is 203 Å². The van der Waals surface area contributed by atoms with Crippen LogP contribution in [-0.4, -0.2) is 38.5 Å². The van der Waals surface area contributed by atoms with Crippen molar-refractivity contribution in [2.45, 2.75) is 12.3 Å². The highest BCUT2D eigenvalue weighted by atomic mass is 79.9. The van der Waals surface area contributed by atoms with Crippen LogP contribution in [0, 0.1) is 0 Å². The first-order valence-corrected chi connectivity index (χ1v) is 13.7. The molecule has 0 saturated carbocycles. The second-order valence-corrected chi connectivity index (χ2v) is 12.6. The van der Waals surface area contributed by atoms with Crippen molar-refractivity contribution in [2.24, 2.45) is 0 Å². The Bertz CT molecular complexity index is 1130. The summed E-state index contributed by atoms with van der Waals surface area (Å²) in [6.45, 7) is 1.37. The number of hydrogen-bond donors (Lipinski definition) is 0. The van der Waals surface area contributed by atoms with Crippen molar-refractivity contribution < 1.29 is 13.3 Å². The van der Waals surface area contributed by atoms with E-state index in [1.807, 2.05) is 76.5 Å². The minimum absolute atomic E-state index is 0.343. The van der Waals surface area contributed by atoms with Gasteiger partial charge in [-0.05, 0) is 68.3 Å². The van der Waals surface area contributed by atoms with Gasteiger partial charge in [-0.15, -0.1) is 0 Å². The quantitative estimate of drug-likeness (QED) is 0.389. The van der Waals surface area contributed by atoms with Gasteiger partial charge < -0.3 is 14.4 Å². The maximum atomic E-state index is 15.1. The van der Waals surface area contributed by atoms with Crippen LogP contribution in [0.4, 0.5) is 20.2 Å². The molecule has 0 aromatic heterocycles. The Hall–Kier alpha value is -1.69. The lowest BCUT2D eigenvalue weighted by Gasteiger charge is -2.37. The third kappa shape index (κ3) is 3.82. The fourth-order valence-electron chi connectivity index (χ4n) is 4.20. The van der Waals surface area contributed by atoms with Crippen LogP contribution in [0.15, 0.2) is 75.7 Å². The molecule has 2 aliphatic heterocycles. The van der Waals surface area contributed by atoms with Crippen LogP contribution < -0.4 is 25.7 Å². The Morgan fingerprint density at radius 1 is 0.719 bits per heavy atom. The van der Waals surface area contributed by atoms with Gasteiger partial charge in [0, 0.05) is 36.2 Å². The van der Waals surface area contributed by atoms with E-state index in [-0.39, 0.29) is 0 Å². The van der Waals surface area contributed by atoms with Gasteiger partial charge in [-0.2, -0.15) is 0 Å². The number of halogens is 4. The molecule has 3 nitrogen and oxygen atoms in total. The smallest absolute Gasteiger partial charge is 0.173 e. The molecule has 2 aliphatic rings. The summed E-state index contributed by atoms with van der Waals surface area (Å²) in [6, 6.07) is 20.8. The Kier molecular flexibility index (Phi) is 5.93. The molecule has 0 aliphatic carbocycles. The monoisotopic (exact) mass is 580 g/mol. The number of anilines is 2. The molecule has 0 bridgehead atoms. The van der Waals surface area contributed by atoms with Gasteiger partial charge in [-0.3, -0.25) is 0 Å². The van der Waals surface area contributed by atoms with E-state index in [4.69, 9.17) is 0 Å². The van der Waals surface area contributed by atoms with E-state index in [1.54, 1.807) is 0 Å². The largest absolute Gasteiger partial charge is 0.366 e. The first-order chi connectivity index (χ1) is 15.4. The van der Waals surface area contributed by atoms with E-state index < -0.39 is 19.5 Å². The zero-order valence-electron chi connectivity index (χ0n) is 17.1. The minimum Gasteiger partial charge on any atom is -0.366 e. The van der Waals surface area contributed by atoms with E-state index in [0.717, 1.165) is 20.3 Å². The van der Waals surface area contributed by atoms with E-state index in [9.17, 15) is 8.78 Å². The standard InChI is InChI=1S/C24H21Br2F2N2OP/c25-21-8-6-18(29-12-16(27)13-29)10-23(21)32(31,20-4-2-1-3-5-20)24-11-19(7-9-22(24)26)30-14-17(28)15-30/h1-11,16-17H,12-15H2. The number of alkyl halides is 2. The molecule has 8 heteroatoms. The van der Waals surface area contributed by atoms with Crippen LogP contribution in [0.2, 0.25) is 0 Å². The van der Waals surface area contributed by atoms with Gasteiger partial charge in [0.25, 0.3) is 0 Å². The summed E-state index contributed by atoms with van der Waals surface area (Å²) in [5.74, 6) is 0. The third-order valence-corrected chi connectivity index (χ3v) is 11.2. The van der Waals surface area contributed by atoms with Crippen LogP contribution in [-0.2, 0) is 4.57 Å². The van der Waals surface area contributed by atoms with Crippen LogP contribution in [0.25, 0.3) is 0 Å². The molecule has 2 fully saturated rings. The molecule has 2 saturated heterocycles. The lowest BCUT2D eigenvalue weighted by Crippen LogP contribution is -2.49. The second kappa shape index (κ2) is 8.58. The van der Waals surface area contributed by atoms with Crippen molar-refractivity contribution in [3.63, 3.8) is 0 Å². The summed E-state index contributed by atoms with van der Waals surface area (Å²) >= 11 is 7.25. The van der Waals surface area contributed by atoms with Crippen molar-refractivity contribution in [2.75, 3.05) is 36.0 Å². The molecule has 0 radical (unpaired) electrons. The molecule has 2 heterocycles. The molecule has 32 heavy (non-hydrogen) atoms. The van der Waals surface area contributed by atoms with Gasteiger partial charge >= 0.3 is 0 Å². The van der Waals surface area contributed by atoms with Gasteiger partial charge in [0.15, 0.2) is 7.14 Å².